The fraction of sp³-hybridized carbons (Fsp3) is 0.625. The number of hydrogen-bond acceptors (Lipinski definition) is 3. The summed E-state index contributed by atoms with van der Waals surface area (Å²) in [4.78, 5) is 2.34. The second-order valence-corrected chi connectivity index (χ2v) is 6.87. The predicted octanol–water partition coefficient (Wildman–Crippen LogP) is 3.44. The van der Waals surface area contributed by atoms with Crippen LogP contribution < -0.4 is 10.6 Å². The molecule has 0 saturated carbocycles. The van der Waals surface area contributed by atoms with Gasteiger partial charge in [-0.25, -0.2) is 4.39 Å². The van der Waals surface area contributed by atoms with Crippen LogP contribution in [0.2, 0.25) is 0 Å². The fourth-order valence-electron chi connectivity index (χ4n) is 2.64. The zero-order valence-electron chi connectivity index (χ0n) is 12.4. The van der Waals surface area contributed by atoms with Gasteiger partial charge in [0.1, 0.15) is 5.82 Å². The Labute approximate surface area is 125 Å². The van der Waals surface area contributed by atoms with Crippen molar-refractivity contribution in [2.24, 2.45) is 5.73 Å². The highest BCUT2D eigenvalue weighted by atomic mass is 32.2. The Morgan fingerprint density at radius 1 is 1.45 bits per heavy atom. The first-order chi connectivity index (χ1) is 9.65. The van der Waals surface area contributed by atoms with Crippen LogP contribution in [0.5, 0.6) is 0 Å². The summed E-state index contributed by atoms with van der Waals surface area (Å²) in [6.45, 7) is 6.29. The molecule has 1 aliphatic rings. The molecule has 0 amide bonds. The molecule has 0 aromatic heterocycles. The van der Waals surface area contributed by atoms with Crippen molar-refractivity contribution >= 4 is 17.4 Å². The maximum absolute atomic E-state index is 14.2. The summed E-state index contributed by atoms with van der Waals surface area (Å²) >= 11 is 2.03. The van der Waals surface area contributed by atoms with E-state index in [0.29, 0.717) is 11.7 Å². The number of hydrogen-bond donors (Lipinski definition) is 1. The molecule has 4 heteroatoms. The monoisotopic (exact) mass is 296 g/mol. The second-order valence-electron chi connectivity index (χ2n) is 5.46. The van der Waals surface area contributed by atoms with Crippen LogP contribution in [0.1, 0.15) is 32.3 Å². The highest BCUT2D eigenvalue weighted by Gasteiger charge is 2.22. The summed E-state index contributed by atoms with van der Waals surface area (Å²) in [5.74, 6) is 1.01. The van der Waals surface area contributed by atoms with E-state index in [-0.39, 0.29) is 11.9 Å². The van der Waals surface area contributed by atoms with E-state index in [1.807, 2.05) is 23.9 Å². The Balaban J connectivity index is 2.23. The van der Waals surface area contributed by atoms with Gasteiger partial charge in [-0.05, 0) is 31.4 Å². The molecule has 1 fully saturated rings. The highest BCUT2D eigenvalue weighted by molar-refractivity contribution is 8.00. The van der Waals surface area contributed by atoms with Gasteiger partial charge in [0.05, 0.1) is 0 Å². The minimum absolute atomic E-state index is 0.0341. The Hall–Kier alpha value is -0.740. The van der Waals surface area contributed by atoms with Crippen molar-refractivity contribution in [3.63, 3.8) is 0 Å². The number of rotatable bonds is 5. The Morgan fingerprint density at radius 3 is 2.95 bits per heavy atom. The zero-order valence-corrected chi connectivity index (χ0v) is 13.3. The summed E-state index contributed by atoms with van der Waals surface area (Å²) in [5.41, 5.74) is 7.88. The Bertz CT molecular complexity index is 438. The highest BCUT2D eigenvalue weighted by Crippen LogP contribution is 2.30. The predicted molar refractivity (Wildman–Crippen MR) is 87.1 cm³/mol. The lowest BCUT2D eigenvalue weighted by molar-refractivity contribution is 0.576. The first kappa shape index (κ1) is 15.6. The number of nitrogens with zero attached hydrogens (tertiary/aromatic N) is 1. The van der Waals surface area contributed by atoms with Crippen molar-refractivity contribution in [3.05, 3.63) is 29.6 Å². The maximum Gasteiger partial charge on any atom is 0.128 e. The van der Waals surface area contributed by atoms with E-state index in [2.05, 4.69) is 18.7 Å². The third-order valence-corrected chi connectivity index (χ3v) is 5.39. The fourth-order valence-corrected chi connectivity index (χ4v) is 3.82. The SMILES string of the molecule is CCC(N)Cc1c(F)cccc1N1CCSC(CC)C1. The minimum Gasteiger partial charge on any atom is -0.369 e. The van der Waals surface area contributed by atoms with Gasteiger partial charge in [0.2, 0.25) is 0 Å². The van der Waals surface area contributed by atoms with Crippen molar-refractivity contribution in [3.8, 4) is 0 Å². The molecule has 2 atom stereocenters. The van der Waals surface area contributed by atoms with Gasteiger partial charge >= 0.3 is 0 Å². The lowest BCUT2D eigenvalue weighted by Gasteiger charge is -2.35. The molecule has 2 rings (SSSR count). The van der Waals surface area contributed by atoms with Gasteiger partial charge in [0.25, 0.3) is 0 Å². The van der Waals surface area contributed by atoms with Gasteiger partial charge in [0, 0.05) is 41.4 Å². The normalized spacial score (nSPS) is 21.0. The zero-order chi connectivity index (χ0) is 14.5. The molecule has 2 nitrogen and oxygen atoms in total. The van der Waals surface area contributed by atoms with E-state index in [1.165, 1.54) is 6.42 Å². The van der Waals surface area contributed by atoms with Gasteiger partial charge in [-0.2, -0.15) is 11.8 Å². The molecule has 0 spiro atoms. The van der Waals surface area contributed by atoms with Crippen LogP contribution in [-0.2, 0) is 6.42 Å². The van der Waals surface area contributed by atoms with Gasteiger partial charge < -0.3 is 10.6 Å². The lowest BCUT2D eigenvalue weighted by atomic mass is 10.0. The van der Waals surface area contributed by atoms with E-state index in [1.54, 1.807) is 6.07 Å². The largest absolute Gasteiger partial charge is 0.369 e. The summed E-state index contributed by atoms with van der Waals surface area (Å²) < 4.78 is 14.2. The van der Waals surface area contributed by atoms with E-state index in [0.717, 1.165) is 36.5 Å². The number of anilines is 1. The van der Waals surface area contributed by atoms with Crippen LogP contribution in [-0.4, -0.2) is 30.1 Å². The Morgan fingerprint density at radius 2 is 2.25 bits per heavy atom. The van der Waals surface area contributed by atoms with Crippen LogP contribution in [0.4, 0.5) is 10.1 Å². The molecule has 1 aromatic rings. The van der Waals surface area contributed by atoms with Crippen molar-refractivity contribution in [2.45, 2.75) is 44.4 Å². The van der Waals surface area contributed by atoms with E-state index in [4.69, 9.17) is 5.73 Å². The van der Waals surface area contributed by atoms with E-state index < -0.39 is 0 Å². The summed E-state index contributed by atoms with van der Waals surface area (Å²) in [6, 6.07) is 5.45. The topological polar surface area (TPSA) is 29.3 Å². The number of nitrogens with two attached hydrogens (primary N) is 1. The lowest BCUT2D eigenvalue weighted by Crippen LogP contribution is -2.38. The molecule has 20 heavy (non-hydrogen) atoms. The molecule has 2 N–H and O–H groups in total. The molecule has 0 aliphatic carbocycles. The molecule has 0 bridgehead atoms. The molecule has 1 saturated heterocycles. The van der Waals surface area contributed by atoms with Crippen LogP contribution in [0.15, 0.2) is 18.2 Å². The number of thioether (sulfide) groups is 1. The first-order valence-electron chi connectivity index (χ1n) is 7.55. The molecule has 2 unspecified atom stereocenters. The van der Waals surface area contributed by atoms with Gasteiger partial charge in [-0.1, -0.05) is 19.9 Å². The molecule has 1 aromatic carbocycles. The summed E-state index contributed by atoms with van der Waals surface area (Å²) in [6.07, 6.45) is 2.67. The first-order valence-corrected chi connectivity index (χ1v) is 8.60. The molecular formula is C16H25FN2S. The van der Waals surface area contributed by atoms with Crippen molar-refractivity contribution < 1.29 is 4.39 Å². The van der Waals surface area contributed by atoms with Gasteiger partial charge in [-0.15, -0.1) is 0 Å². The third-order valence-electron chi connectivity index (χ3n) is 4.02. The van der Waals surface area contributed by atoms with E-state index in [9.17, 15) is 4.39 Å². The van der Waals surface area contributed by atoms with Gasteiger partial charge in [-0.3, -0.25) is 0 Å². The van der Waals surface area contributed by atoms with Crippen LogP contribution >= 0.6 is 11.8 Å². The van der Waals surface area contributed by atoms with Crippen molar-refractivity contribution in [2.75, 3.05) is 23.7 Å². The average Bonchev–Trinajstić information content (AvgIpc) is 2.49. The number of benzene rings is 1. The van der Waals surface area contributed by atoms with Crippen molar-refractivity contribution in [1.29, 1.82) is 0 Å². The third kappa shape index (κ3) is 3.67. The van der Waals surface area contributed by atoms with Crippen LogP contribution in [0.3, 0.4) is 0 Å². The maximum atomic E-state index is 14.2. The quantitative estimate of drug-likeness (QED) is 0.902. The molecule has 1 heterocycles. The molecular weight excluding hydrogens is 271 g/mol. The molecule has 0 radical (unpaired) electrons. The minimum atomic E-state index is -0.113. The smallest absolute Gasteiger partial charge is 0.128 e. The molecule has 1 aliphatic heterocycles. The standard InChI is InChI=1S/C16H25FN2S/c1-3-12(18)10-14-15(17)6-5-7-16(14)19-8-9-20-13(4-2)11-19/h5-7,12-13H,3-4,8-11,18H2,1-2H3. The Kier molecular flexibility index (Phi) is 5.73. The number of halogens is 1. The summed E-state index contributed by atoms with van der Waals surface area (Å²) in [5, 5.41) is 0.653. The van der Waals surface area contributed by atoms with E-state index >= 15 is 0 Å². The molecule has 112 valence electrons. The van der Waals surface area contributed by atoms with Gasteiger partial charge in [0.15, 0.2) is 0 Å². The van der Waals surface area contributed by atoms with Crippen molar-refractivity contribution in [1.82, 2.24) is 0 Å². The van der Waals surface area contributed by atoms with Crippen LogP contribution in [0.25, 0.3) is 0 Å². The second kappa shape index (κ2) is 7.32. The average molecular weight is 296 g/mol. The van der Waals surface area contributed by atoms with Crippen LogP contribution in [0, 0.1) is 5.82 Å². The summed E-state index contributed by atoms with van der Waals surface area (Å²) in [7, 11) is 0.